The number of hydrogen-bond donors (Lipinski definition) is 0. The first-order chi connectivity index (χ1) is 9.89. The van der Waals surface area contributed by atoms with E-state index in [4.69, 9.17) is 4.74 Å². The molecular weight excluding hydrogens is 259 g/mol. The predicted molar refractivity (Wildman–Crippen MR) is 89.8 cm³/mol. The zero-order chi connectivity index (χ0) is 15.1. The normalized spacial score (nSPS) is 24.4. The van der Waals surface area contributed by atoms with Gasteiger partial charge >= 0.3 is 0 Å². The van der Waals surface area contributed by atoms with Crippen LogP contribution < -0.4 is 10.4 Å². The van der Waals surface area contributed by atoms with Crippen molar-refractivity contribution in [2.24, 2.45) is 10.8 Å². The van der Waals surface area contributed by atoms with Gasteiger partial charge < -0.3 is 9.64 Å². The second-order valence-electron chi connectivity index (χ2n) is 7.92. The van der Waals surface area contributed by atoms with Crippen molar-refractivity contribution in [2.75, 3.05) is 31.2 Å². The van der Waals surface area contributed by atoms with E-state index < -0.39 is 0 Å². The van der Waals surface area contributed by atoms with Gasteiger partial charge in [0.15, 0.2) is 6.71 Å². The van der Waals surface area contributed by atoms with Crippen molar-refractivity contribution in [2.45, 2.75) is 40.3 Å². The van der Waals surface area contributed by atoms with Crippen LogP contribution in [0.3, 0.4) is 0 Å². The molecule has 0 amide bonds. The Bertz CT molecular complexity index is 493. The highest BCUT2D eigenvalue weighted by Gasteiger charge is 2.48. The standard InChI is InChI=1S/C17H27BN2O/c1-16(2)12-18(13-17(16,3)4)14-5-6-19-15(11-14)20-7-9-21-10-8-20/h5-6,11H,7-10,12-13H2,1-4H3. The SMILES string of the molecule is CC1(C)CB(c2ccnc(N3CCOCC3)c2)CC1(C)C. The van der Waals surface area contributed by atoms with E-state index in [1.165, 1.54) is 18.1 Å². The summed E-state index contributed by atoms with van der Waals surface area (Å²) in [5.74, 6) is 1.12. The molecule has 0 radical (unpaired) electrons. The zero-order valence-electron chi connectivity index (χ0n) is 13.9. The fourth-order valence-corrected chi connectivity index (χ4v) is 3.75. The van der Waals surface area contributed by atoms with Gasteiger partial charge in [0.2, 0.25) is 0 Å². The van der Waals surface area contributed by atoms with Crippen LogP contribution in [0, 0.1) is 10.8 Å². The summed E-state index contributed by atoms with van der Waals surface area (Å²) in [6.45, 7) is 13.9. The number of morpholine rings is 1. The van der Waals surface area contributed by atoms with Crippen molar-refractivity contribution < 1.29 is 4.74 Å². The van der Waals surface area contributed by atoms with Crippen LogP contribution in [0.5, 0.6) is 0 Å². The zero-order valence-corrected chi connectivity index (χ0v) is 13.9. The smallest absolute Gasteiger partial charge is 0.177 e. The first-order valence-electron chi connectivity index (χ1n) is 8.18. The monoisotopic (exact) mass is 286 g/mol. The maximum absolute atomic E-state index is 5.44. The Morgan fingerprint density at radius 2 is 1.71 bits per heavy atom. The van der Waals surface area contributed by atoms with Crippen LogP contribution in [0.1, 0.15) is 27.7 Å². The van der Waals surface area contributed by atoms with E-state index in [2.05, 4.69) is 49.7 Å². The first kappa shape index (κ1) is 14.9. The molecule has 2 aliphatic heterocycles. The summed E-state index contributed by atoms with van der Waals surface area (Å²) in [4.78, 5) is 6.92. The Kier molecular flexibility index (Phi) is 3.77. The van der Waals surface area contributed by atoms with Crippen molar-refractivity contribution in [1.29, 1.82) is 0 Å². The van der Waals surface area contributed by atoms with Gasteiger partial charge in [0.05, 0.1) is 13.2 Å². The van der Waals surface area contributed by atoms with Gasteiger partial charge in [-0.1, -0.05) is 45.8 Å². The minimum atomic E-state index is 0.403. The highest BCUT2D eigenvalue weighted by atomic mass is 16.5. The molecule has 4 heteroatoms. The molecule has 0 saturated carbocycles. The van der Waals surface area contributed by atoms with Gasteiger partial charge in [-0.15, -0.1) is 0 Å². The van der Waals surface area contributed by atoms with Crippen molar-refractivity contribution >= 4 is 18.0 Å². The van der Waals surface area contributed by atoms with Crippen molar-refractivity contribution in [3.05, 3.63) is 18.3 Å². The summed E-state index contributed by atoms with van der Waals surface area (Å²) in [7, 11) is 0. The molecule has 0 aromatic carbocycles. The molecule has 0 atom stereocenters. The number of aromatic nitrogens is 1. The topological polar surface area (TPSA) is 25.4 Å². The van der Waals surface area contributed by atoms with Crippen LogP contribution in [0.25, 0.3) is 0 Å². The van der Waals surface area contributed by atoms with Gasteiger partial charge in [-0.25, -0.2) is 4.98 Å². The molecule has 21 heavy (non-hydrogen) atoms. The van der Waals surface area contributed by atoms with Crippen molar-refractivity contribution in [1.82, 2.24) is 4.98 Å². The maximum atomic E-state index is 5.44. The van der Waals surface area contributed by atoms with E-state index in [1.54, 1.807) is 0 Å². The summed E-state index contributed by atoms with van der Waals surface area (Å²) < 4.78 is 5.44. The Morgan fingerprint density at radius 1 is 1.10 bits per heavy atom. The number of anilines is 1. The molecule has 0 unspecified atom stereocenters. The minimum absolute atomic E-state index is 0.403. The summed E-state index contributed by atoms with van der Waals surface area (Å²) in [5, 5.41) is 0. The highest BCUT2D eigenvalue weighted by Crippen LogP contribution is 2.52. The second-order valence-corrected chi connectivity index (χ2v) is 7.92. The van der Waals surface area contributed by atoms with Gasteiger partial charge in [-0.3, -0.25) is 0 Å². The molecule has 2 saturated heterocycles. The number of hydrogen-bond acceptors (Lipinski definition) is 3. The Hall–Kier alpha value is -1.03. The van der Waals surface area contributed by atoms with Crippen LogP contribution >= 0.6 is 0 Å². The maximum Gasteiger partial charge on any atom is 0.177 e. The molecule has 0 N–H and O–H groups in total. The largest absolute Gasteiger partial charge is 0.378 e. The van der Waals surface area contributed by atoms with E-state index in [-0.39, 0.29) is 0 Å². The lowest BCUT2D eigenvalue weighted by atomic mass is 9.42. The minimum Gasteiger partial charge on any atom is -0.378 e. The summed E-state index contributed by atoms with van der Waals surface area (Å²) in [6, 6.07) is 4.53. The third-order valence-corrected chi connectivity index (χ3v) is 5.92. The molecule has 0 aliphatic carbocycles. The summed E-state index contributed by atoms with van der Waals surface area (Å²) >= 11 is 0. The molecular formula is C17H27BN2O. The lowest BCUT2D eigenvalue weighted by Crippen LogP contribution is -2.38. The van der Waals surface area contributed by atoms with Crippen molar-refractivity contribution in [3.8, 4) is 0 Å². The third kappa shape index (κ3) is 2.83. The van der Waals surface area contributed by atoms with Gasteiger partial charge in [0.1, 0.15) is 5.82 Å². The second kappa shape index (κ2) is 5.31. The van der Waals surface area contributed by atoms with E-state index in [1.807, 2.05) is 6.20 Å². The average molecular weight is 286 g/mol. The Balaban J connectivity index is 1.81. The molecule has 114 valence electrons. The van der Waals surface area contributed by atoms with Gasteiger partial charge in [0, 0.05) is 19.3 Å². The van der Waals surface area contributed by atoms with Crippen LogP contribution in [-0.2, 0) is 4.74 Å². The first-order valence-corrected chi connectivity index (χ1v) is 8.18. The number of ether oxygens (including phenoxy) is 1. The van der Waals surface area contributed by atoms with E-state index in [0.717, 1.165) is 32.1 Å². The fourth-order valence-electron chi connectivity index (χ4n) is 3.75. The van der Waals surface area contributed by atoms with E-state index in [0.29, 0.717) is 17.5 Å². The average Bonchev–Trinajstić information content (AvgIpc) is 2.69. The molecule has 1 aromatic rings. The fraction of sp³-hybridized carbons (Fsp3) is 0.706. The molecule has 2 aliphatic rings. The lowest BCUT2D eigenvalue weighted by Gasteiger charge is -2.35. The highest BCUT2D eigenvalue weighted by molar-refractivity contribution is 6.74. The van der Waals surface area contributed by atoms with E-state index in [9.17, 15) is 0 Å². The van der Waals surface area contributed by atoms with Crippen LogP contribution in [-0.4, -0.2) is 38.0 Å². The Morgan fingerprint density at radius 3 is 2.33 bits per heavy atom. The molecule has 2 fully saturated rings. The summed E-state index contributed by atoms with van der Waals surface area (Å²) in [5.41, 5.74) is 2.27. The molecule has 3 heterocycles. The molecule has 3 rings (SSSR count). The van der Waals surface area contributed by atoms with Crippen LogP contribution in [0.4, 0.5) is 5.82 Å². The van der Waals surface area contributed by atoms with Gasteiger partial charge in [-0.05, 0) is 23.0 Å². The lowest BCUT2D eigenvalue weighted by molar-refractivity contribution is 0.122. The quantitative estimate of drug-likeness (QED) is 0.782. The molecule has 0 bridgehead atoms. The molecule has 0 spiro atoms. The van der Waals surface area contributed by atoms with E-state index >= 15 is 0 Å². The van der Waals surface area contributed by atoms with Gasteiger partial charge in [0.25, 0.3) is 0 Å². The Labute approximate surface area is 129 Å². The predicted octanol–water partition coefficient (Wildman–Crippen LogP) is 2.69. The number of pyridine rings is 1. The molecule has 3 nitrogen and oxygen atoms in total. The molecule has 1 aromatic heterocycles. The van der Waals surface area contributed by atoms with Gasteiger partial charge in [-0.2, -0.15) is 0 Å². The van der Waals surface area contributed by atoms with Crippen LogP contribution in [0.15, 0.2) is 18.3 Å². The third-order valence-electron chi connectivity index (χ3n) is 5.92. The van der Waals surface area contributed by atoms with Crippen molar-refractivity contribution in [3.63, 3.8) is 0 Å². The van der Waals surface area contributed by atoms with Crippen LogP contribution in [0.2, 0.25) is 12.6 Å². The number of nitrogens with zero attached hydrogens (tertiary/aromatic N) is 2. The number of rotatable bonds is 2. The summed E-state index contributed by atoms with van der Waals surface area (Å²) in [6.07, 6.45) is 4.53.